The zero-order valence-electron chi connectivity index (χ0n) is 8.36. The zero-order valence-corrected chi connectivity index (χ0v) is 9.12. The molecule has 0 aliphatic carbocycles. The van der Waals surface area contributed by atoms with E-state index in [4.69, 9.17) is 11.6 Å². The fourth-order valence-corrected chi connectivity index (χ4v) is 1.46. The second-order valence-electron chi connectivity index (χ2n) is 3.56. The molecule has 12 heavy (non-hydrogen) atoms. The van der Waals surface area contributed by atoms with Crippen LogP contribution in [0.25, 0.3) is 0 Å². The third kappa shape index (κ3) is 3.96. The van der Waals surface area contributed by atoms with Gasteiger partial charge in [-0.2, -0.15) is 0 Å². The van der Waals surface area contributed by atoms with E-state index in [0.29, 0.717) is 11.8 Å². The Balaban J connectivity index is 4.15. The van der Waals surface area contributed by atoms with Gasteiger partial charge in [-0.15, -0.1) is 0 Å². The maximum Gasteiger partial charge on any atom is 0.0115 e. The molecule has 0 aromatic carbocycles. The molecule has 0 saturated heterocycles. The lowest BCUT2D eigenvalue weighted by atomic mass is 9.87. The third-order valence-electron chi connectivity index (χ3n) is 2.23. The maximum absolute atomic E-state index is 5.76. The normalized spacial score (nSPS) is 13.1. The first-order valence-electron chi connectivity index (χ1n) is 4.51. The van der Waals surface area contributed by atoms with Crippen molar-refractivity contribution in [3.8, 4) is 0 Å². The van der Waals surface area contributed by atoms with Crippen LogP contribution in [0.2, 0.25) is 0 Å². The summed E-state index contributed by atoms with van der Waals surface area (Å²) < 4.78 is 0. The molecule has 0 aromatic heterocycles. The van der Waals surface area contributed by atoms with Gasteiger partial charge < -0.3 is 0 Å². The van der Waals surface area contributed by atoms with Gasteiger partial charge in [0.25, 0.3) is 0 Å². The van der Waals surface area contributed by atoms with Gasteiger partial charge >= 0.3 is 0 Å². The minimum atomic E-state index is 0.509. The first-order valence-corrected chi connectivity index (χ1v) is 4.88. The molecule has 0 aromatic rings. The number of hydrogen-bond acceptors (Lipinski definition) is 0. The van der Waals surface area contributed by atoms with Crippen LogP contribution < -0.4 is 0 Å². The lowest BCUT2D eigenvalue weighted by Gasteiger charge is -2.20. The van der Waals surface area contributed by atoms with Gasteiger partial charge in [-0.25, -0.2) is 0 Å². The van der Waals surface area contributed by atoms with Crippen molar-refractivity contribution in [3.05, 3.63) is 23.8 Å². The van der Waals surface area contributed by atoms with Crippen LogP contribution >= 0.6 is 11.6 Å². The van der Waals surface area contributed by atoms with Crippen LogP contribution in [0.15, 0.2) is 23.8 Å². The summed E-state index contributed by atoms with van der Waals surface area (Å²) in [7, 11) is 0. The summed E-state index contributed by atoms with van der Waals surface area (Å²) in [4.78, 5) is 0. The average Bonchev–Trinajstić information content (AvgIpc) is 1.98. The van der Waals surface area contributed by atoms with E-state index in [2.05, 4.69) is 33.9 Å². The molecule has 0 nitrogen and oxygen atoms in total. The molecule has 0 radical (unpaired) electrons. The summed E-state index contributed by atoms with van der Waals surface area (Å²) in [5, 5.41) is 0.739. The van der Waals surface area contributed by atoms with E-state index in [1.54, 1.807) is 0 Å². The van der Waals surface area contributed by atoms with E-state index in [-0.39, 0.29) is 0 Å². The highest BCUT2D eigenvalue weighted by molar-refractivity contribution is 6.29. The van der Waals surface area contributed by atoms with Crippen LogP contribution in [0.1, 0.15) is 33.6 Å². The fourth-order valence-electron chi connectivity index (χ4n) is 1.28. The van der Waals surface area contributed by atoms with Crippen molar-refractivity contribution in [2.45, 2.75) is 33.6 Å². The van der Waals surface area contributed by atoms with E-state index in [0.717, 1.165) is 17.9 Å². The van der Waals surface area contributed by atoms with Gasteiger partial charge in [-0.05, 0) is 24.7 Å². The van der Waals surface area contributed by atoms with Gasteiger partial charge in [0.1, 0.15) is 0 Å². The molecule has 0 rings (SSSR count). The summed E-state index contributed by atoms with van der Waals surface area (Å²) in [6.07, 6.45) is 1.97. The summed E-state index contributed by atoms with van der Waals surface area (Å²) >= 11 is 5.76. The SMILES string of the molecule is C=C(Cl)CC(CC)C(=C)C(C)C. The Morgan fingerprint density at radius 1 is 1.33 bits per heavy atom. The molecular weight excluding hydrogens is 168 g/mol. The Labute approximate surface area is 81.3 Å². The number of allylic oxidation sites excluding steroid dienone is 2. The van der Waals surface area contributed by atoms with Gasteiger partial charge in [-0.3, -0.25) is 0 Å². The topological polar surface area (TPSA) is 0 Å². The number of halogens is 1. The summed E-state index contributed by atoms with van der Waals surface area (Å²) in [6, 6.07) is 0. The van der Waals surface area contributed by atoms with Crippen LogP contribution in [0, 0.1) is 11.8 Å². The van der Waals surface area contributed by atoms with Crippen LogP contribution in [-0.4, -0.2) is 0 Å². The minimum absolute atomic E-state index is 0.509. The van der Waals surface area contributed by atoms with Gasteiger partial charge in [-0.1, -0.05) is 51.1 Å². The molecule has 0 amide bonds. The van der Waals surface area contributed by atoms with Crippen molar-refractivity contribution in [3.63, 3.8) is 0 Å². The molecule has 0 heterocycles. The van der Waals surface area contributed by atoms with Gasteiger partial charge in [0.15, 0.2) is 0 Å². The molecule has 0 N–H and O–H groups in total. The standard InChI is InChI=1S/C11H19Cl/c1-6-11(7-9(4)12)10(5)8(2)3/h8,11H,4-7H2,1-3H3. The van der Waals surface area contributed by atoms with Crippen molar-refractivity contribution in [1.82, 2.24) is 0 Å². The van der Waals surface area contributed by atoms with E-state index in [1.807, 2.05) is 0 Å². The highest BCUT2D eigenvalue weighted by Crippen LogP contribution is 2.27. The summed E-state index contributed by atoms with van der Waals surface area (Å²) in [5.74, 6) is 1.06. The Morgan fingerprint density at radius 3 is 2.08 bits per heavy atom. The summed E-state index contributed by atoms with van der Waals surface area (Å²) in [5.41, 5.74) is 1.29. The average molecular weight is 187 g/mol. The number of rotatable bonds is 5. The molecular formula is C11H19Cl. The smallest absolute Gasteiger partial charge is 0.0115 e. The second kappa shape index (κ2) is 5.42. The molecule has 70 valence electrons. The molecule has 0 aliphatic rings. The minimum Gasteiger partial charge on any atom is -0.0993 e. The number of hydrogen-bond donors (Lipinski definition) is 0. The predicted molar refractivity (Wildman–Crippen MR) is 57.4 cm³/mol. The Morgan fingerprint density at radius 2 is 1.83 bits per heavy atom. The van der Waals surface area contributed by atoms with Crippen molar-refractivity contribution in [2.24, 2.45) is 11.8 Å². The summed E-state index contributed by atoms with van der Waals surface area (Å²) in [6.45, 7) is 14.3. The zero-order chi connectivity index (χ0) is 9.72. The fraction of sp³-hybridized carbons (Fsp3) is 0.636. The van der Waals surface area contributed by atoms with Gasteiger partial charge in [0, 0.05) is 5.03 Å². The molecule has 0 saturated carbocycles. The lowest BCUT2D eigenvalue weighted by Crippen LogP contribution is -2.07. The lowest BCUT2D eigenvalue weighted by molar-refractivity contribution is 0.532. The third-order valence-corrected chi connectivity index (χ3v) is 2.38. The van der Waals surface area contributed by atoms with Crippen LogP contribution in [0.5, 0.6) is 0 Å². The van der Waals surface area contributed by atoms with E-state index >= 15 is 0 Å². The van der Waals surface area contributed by atoms with Crippen molar-refractivity contribution in [1.29, 1.82) is 0 Å². The highest BCUT2D eigenvalue weighted by Gasteiger charge is 2.13. The predicted octanol–water partition coefficient (Wildman–Crippen LogP) is 4.37. The van der Waals surface area contributed by atoms with E-state index < -0.39 is 0 Å². The first kappa shape index (κ1) is 11.8. The maximum atomic E-state index is 5.76. The molecule has 1 atom stereocenters. The van der Waals surface area contributed by atoms with E-state index in [9.17, 15) is 0 Å². The molecule has 0 fully saturated rings. The molecule has 1 unspecified atom stereocenters. The van der Waals surface area contributed by atoms with Crippen molar-refractivity contribution in [2.75, 3.05) is 0 Å². The second-order valence-corrected chi connectivity index (χ2v) is 4.09. The highest BCUT2D eigenvalue weighted by atomic mass is 35.5. The van der Waals surface area contributed by atoms with Crippen molar-refractivity contribution < 1.29 is 0 Å². The van der Waals surface area contributed by atoms with E-state index in [1.165, 1.54) is 5.57 Å². The van der Waals surface area contributed by atoms with Gasteiger partial charge in [0.2, 0.25) is 0 Å². The first-order chi connectivity index (χ1) is 5.49. The molecule has 0 bridgehead atoms. The molecule has 0 spiro atoms. The Kier molecular flexibility index (Phi) is 5.32. The van der Waals surface area contributed by atoms with Crippen LogP contribution in [0.4, 0.5) is 0 Å². The van der Waals surface area contributed by atoms with Crippen molar-refractivity contribution >= 4 is 11.6 Å². The quantitative estimate of drug-likeness (QED) is 0.560. The Hall–Kier alpha value is -0.230. The van der Waals surface area contributed by atoms with Crippen LogP contribution in [-0.2, 0) is 0 Å². The molecule has 1 heteroatoms. The molecule has 0 aliphatic heterocycles. The monoisotopic (exact) mass is 186 g/mol. The van der Waals surface area contributed by atoms with Crippen LogP contribution in [0.3, 0.4) is 0 Å². The largest absolute Gasteiger partial charge is 0.0993 e. The Bertz CT molecular complexity index is 168. The van der Waals surface area contributed by atoms with Gasteiger partial charge in [0.05, 0.1) is 0 Å².